The van der Waals surface area contributed by atoms with Crippen LogP contribution in [0.1, 0.15) is 22.8 Å². The van der Waals surface area contributed by atoms with Gasteiger partial charge in [0.15, 0.2) is 5.78 Å². The van der Waals surface area contributed by atoms with E-state index in [1.54, 1.807) is 42.5 Å². The summed E-state index contributed by atoms with van der Waals surface area (Å²) in [4.78, 5) is 11.3. The van der Waals surface area contributed by atoms with Crippen molar-refractivity contribution in [3.05, 3.63) is 53.6 Å². The van der Waals surface area contributed by atoms with Gasteiger partial charge in [0, 0.05) is 17.3 Å². The van der Waals surface area contributed by atoms with Crippen LogP contribution in [0, 0.1) is 11.3 Å². The molecular formula is C15H12N2O2. The molecular weight excluding hydrogens is 240 g/mol. The summed E-state index contributed by atoms with van der Waals surface area (Å²) >= 11 is 0. The van der Waals surface area contributed by atoms with Crippen LogP contribution in [0.4, 0.5) is 5.69 Å². The predicted molar refractivity (Wildman–Crippen MR) is 72.1 cm³/mol. The van der Waals surface area contributed by atoms with Crippen molar-refractivity contribution < 1.29 is 9.53 Å². The van der Waals surface area contributed by atoms with E-state index in [0.29, 0.717) is 28.3 Å². The highest BCUT2D eigenvalue weighted by Gasteiger charge is 2.06. The molecule has 0 fully saturated rings. The summed E-state index contributed by atoms with van der Waals surface area (Å²) in [6, 6.07) is 13.7. The van der Waals surface area contributed by atoms with Crippen molar-refractivity contribution >= 4 is 11.5 Å². The first-order valence-electron chi connectivity index (χ1n) is 5.68. The largest absolute Gasteiger partial charge is 0.457 e. The van der Waals surface area contributed by atoms with E-state index in [4.69, 9.17) is 15.7 Å². The minimum Gasteiger partial charge on any atom is -0.457 e. The van der Waals surface area contributed by atoms with E-state index in [1.165, 1.54) is 6.92 Å². The van der Waals surface area contributed by atoms with Gasteiger partial charge in [0.25, 0.3) is 0 Å². The Balaban J connectivity index is 2.26. The van der Waals surface area contributed by atoms with Gasteiger partial charge in [-0.3, -0.25) is 4.79 Å². The second-order valence-corrected chi connectivity index (χ2v) is 4.05. The minimum absolute atomic E-state index is 0.0875. The number of anilines is 1. The average molecular weight is 252 g/mol. The maximum Gasteiger partial charge on any atom is 0.161 e. The van der Waals surface area contributed by atoms with E-state index < -0.39 is 0 Å². The Morgan fingerprint density at radius 3 is 2.58 bits per heavy atom. The van der Waals surface area contributed by atoms with Crippen molar-refractivity contribution in [1.29, 1.82) is 5.26 Å². The van der Waals surface area contributed by atoms with E-state index in [9.17, 15) is 4.79 Å². The monoisotopic (exact) mass is 252 g/mol. The molecule has 4 nitrogen and oxygen atoms in total. The number of nitrogen functional groups attached to an aromatic ring is 1. The van der Waals surface area contributed by atoms with Crippen LogP contribution in [0.15, 0.2) is 42.5 Å². The van der Waals surface area contributed by atoms with Gasteiger partial charge in [0.1, 0.15) is 11.5 Å². The van der Waals surface area contributed by atoms with E-state index in [-0.39, 0.29) is 5.78 Å². The van der Waals surface area contributed by atoms with Gasteiger partial charge in [-0.15, -0.1) is 0 Å². The number of rotatable bonds is 3. The normalized spacial score (nSPS) is 9.68. The van der Waals surface area contributed by atoms with Crippen LogP contribution < -0.4 is 10.5 Å². The second kappa shape index (κ2) is 5.23. The van der Waals surface area contributed by atoms with E-state index in [2.05, 4.69) is 0 Å². The number of benzene rings is 2. The molecule has 0 radical (unpaired) electrons. The summed E-state index contributed by atoms with van der Waals surface area (Å²) in [5.41, 5.74) is 7.14. The first kappa shape index (κ1) is 12.7. The SMILES string of the molecule is CC(=O)c1ccc(Oc2cccc(C#N)c2)cc1N. The molecule has 0 atom stereocenters. The number of nitriles is 1. The van der Waals surface area contributed by atoms with Gasteiger partial charge < -0.3 is 10.5 Å². The zero-order chi connectivity index (χ0) is 13.8. The lowest BCUT2D eigenvalue weighted by atomic mass is 10.1. The molecule has 4 heteroatoms. The molecule has 2 aromatic carbocycles. The Labute approximate surface area is 111 Å². The molecule has 0 bridgehead atoms. The van der Waals surface area contributed by atoms with Crippen molar-refractivity contribution in [2.75, 3.05) is 5.73 Å². The van der Waals surface area contributed by atoms with E-state index >= 15 is 0 Å². The fourth-order valence-corrected chi connectivity index (χ4v) is 1.69. The van der Waals surface area contributed by atoms with Crippen molar-refractivity contribution in [3.8, 4) is 17.6 Å². The highest BCUT2D eigenvalue weighted by molar-refractivity contribution is 5.99. The van der Waals surface area contributed by atoms with Gasteiger partial charge in [-0.1, -0.05) is 6.07 Å². The number of ether oxygens (including phenoxy) is 1. The lowest BCUT2D eigenvalue weighted by molar-refractivity contribution is 0.101. The first-order valence-corrected chi connectivity index (χ1v) is 5.68. The zero-order valence-corrected chi connectivity index (χ0v) is 10.4. The number of ketones is 1. The average Bonchev–Trinajstić information content (AvgIpc) is 2.38. The van der Waals surface area contributed by atoms with Crippen LogP contribution in [0.3, 0.4) is 0 Å². The third-order valence-electron chi connectivity index (χ3n) is 2.60. The Bertz CT molecular complexity index is 672. The Morgan fingerprint density at radius 1 is 1.21 bits per heavy atom. The topological polar surface area (TPSA) is 76.1 Å². The molecule has 94 valence electrons. The molecule has 0 heterocycles. The second-order valence-electron chi connectivity index (χ2n) is 4.05. The Morgan fingerprint density at radius 2 is 1.95 bits per heavy atom. The van der Waals surface area contributed by atoms with Crippen LogP contribution >= 0.6 is 0 Å². The molecule has 0 saturated carbocycles. The maximum atomic E-state index is 11.3. The molecule has 0 aliphatic carbocycles. The van der Waals surface area contributed by atoms with Crippen molar-refractivity contribution in [2.45, 2.75) is 6.92 Å². The highest BCUT2D eigenvalue weighted by atomic mass is 16.5. The molecule has 2 rings (SSSR count). The minimum atomic E-state index is -0.0875. The first-order chi connectivity index (χ1) is 9.10. The maximum absolute atomic E-state index is 11.3. The quantitative estimate of drug-likeness (QED) is 0.672. The summed E-state index contributed by atoms with van der Waals surface area (Å²) in [7, 11) is 0. The molecule has 2 aromatic rings. The van der Waals surface area contributed by atoms with Gasteiger partial charge in [-0.2, -0.15) is 5.26 Å². The fraction of sp³-hybridized carbons (Fsp3) is 0.0667. The zero-order valence-electron chi connectivity index (χ0n) is 10.4. The van der Waals surface area contributed by atoms with Crippen LogP contribution in [0.5, 0.6) is 11.5 Å². The Kier molecular flexibility index (Phi) is 3.48. The van der Waals surface area contributed by atoms with Crippen LogP contribution in [-0.4, -0.2) is 5.78 Å². The Hall–Kier alpha value is -2.80. The summed E-state index contributed by atoms with van der Waals surface area (Å²) in [5, 5.41) is 8.81. The van der Waals surface area contributed by atoms with Gasteiger partial charge >= 0.3 is 0 Å². The number of nitrogens with zero attached hydrogens (tertiary/aromatic N) is 1. The lowest BCUT2D eigenvalue weighted by Gasteiger charge is -2.08. The summed E-state index contributed by atoms with van der Waals surface area (Å²) < 4.78 is 5.59. The molecule has 2 N–H and O–H groups in total. The predicted octanol–water partition coefficient (Wildman–Crippen LogP) is 3.14. The summed E-state index contributed by atoms with van der Waals surface area (Å²) in [5.74, 6) is 0.988. The number of hydrogen-bond donors (Lipinski definition) is 1. The van der Waals surface area contributed by atoms with Crippen molar-refractivity contribution in [2.24, 2.45) is 0 Å². The molecule has 0 unspecified atom stereocenters. The van der Waals surface area contributed by atoms with Crippen LogP contribution in [0.25, 0.3) is 0 Å². The van der Waals surface area contributed by atoms with E-state index in [0.717, 1.165) is 0 Å². The molecule has 0 aliphatic rings. The standard InChI is InChI=1S/C15H12N2O2/c1-10(18)14-6-5-13(8-15(14)17)19-12-4-2-3-11(7-12)9-16/h2-8H,17H2,1H3. The lowest BCUT2D eigenvalue weighted by Crippen LogP contribution is -1.99. The van der Waals surface area contributed by atoms with Gasteiger partial charge in [-0.25, -0.2) is 0 Å². The van der Waals surface area contributed by atoms with Gasteiger partial charge in [0.05, 0.1) is 11.6 Å². The van der Waals surface area contributed by atoms with Gasteiger partial charge in [-0.05, 0) is 37.3 Å². The molecule has 0 amide bonds. The molecule has 0 aliphatic heterocycles. The van der Waals surface area contributed by atoms with E-state index in [1.807, 2.05) is 6.07 Å². The third-order valence-corrected chi connectivity index (χ3v) is 2.60. The van der Waals surface area contributed by atoms with Gasteiger partial charge in [0.2, 0.25) is 0 Å². The summed E-state index contributed by atoms with van der Waals surface area (Å²) in [6.07, 6.45) is 0. The van der Waals surface area contributed by atoms with Crippen LogP contribution in [-0.2, 0) is 0 Å². The molecule has 19 heavy (non-hydrogen) atoms. The number of carbonyl (C=O) groups excluding carboxylic acids is 1. The van der Waals surface area contributed by atoms with Crippen LogP contribution in [0.2, 0.25) is 0 Å². The fourth-order valence-electron chi connectivity index (χ4n) is 1.69. The number of hydrogen-bond acceptors (Lipinski definition) is 4. The number of Topliss-reactive ketones (excluding diaryl/α,β-unsaturated/α-hetero) is 1. The van der Waals surface area contributed by atoms with Crippen molar-refractivity contribution in [3.63, 3.8) is 0 Å². The number of carbonyl (C=O) groups is 1. The van der Waals surface area contributed by atoms with Crippen molar-refractivity contribution in [1.82, 2.24) is 0 Å². The number of nitrogens with two attached hydrogens (primary N) is 1. The molecule has 0 saturated heterocycles. The smallest absolute Gasteiger partial charge is 0.161 e. The summed E-state index contributed by atoms with van der Waals surface area (Å²) in [6.45, 7) is 1.46. The molecule has 0 aromatic heterocycles. The highest BCUT2D eigenvalue weighted by Crippen LogP contribution is 2.26. The molecule has 0 spiro atoms. The third kappa shape index (κ3) is 2.90.